The summed E-state index contributed by atoms with van der Waals surface area (Å²) in [5.74, 6) is -0.261. The normalized spacial score (nSPS) is 11.4. The highest BCUT2D eigenvalue weighted by atomic mass is 19.1. The van der Waals surface area contributed by atoms with Crippen molar-refractivity contribution in [2.45, 2.75) is 34.1 Å². The molecule has 0 bridgehead atoms. The number of rotatable bonds is 4. The number of halogens is 1. The Labute approximate surface area is 102 Å². The summed E-state index contributed by atoms with van der Waals surface area (Å²) in [5, 5.41) is 0. The van der Waals surface area contributed by atoms with E-state index in [4.69, 9.17) is 4.74 Å². The molecule has 0 aromatic heterocycles. The van der Waals surface area contributed by atoms with E-state index in [9.17, 15) is 9.18 Å². The fourth-order valence-electron chi connectivity index (χ4n) is 1.59. The minimum atomic E-state index is -0.423. The van der Waals surface area contributed by atoms with Crippen LogP contribution in [-0.2, 0) is 4.79 Å². The molecular formula is C14H19FO2. The summed E-state index contributed by atoms with van der Waals surface area (Å²) < 4.78 is 18.7. The highest BCUT2D eigenvalue weighted by Gasteiger charge is 2.17. The maximum Gasteiger partial charge on any atom is 0.170 e. The van der Waals surface area contributed by atoms with Gasteiger partial charge in [0, 0.05) is 6.42 Å². The summed E-state index contributed by atoms with van der Waals surface area (Å²) in [6.07, 6.45) is 0.431. The average Bonchev–Trinajstić information content (AvgIpc) is 2.14. The number of carbonyl (C=O) groups excluding carboxylic acids is 1. The fraction of sp³-hybridized carbons (Fsp3) is 0.500. The number of para-hydroxylation sites is 1. The van der Waals surface area contributed by atoms with E-state index in [0.29, 0.717) is 12.0 Å². The standard InChI is InChI=1S/C14H19FO2/c1-10-6-5-7-12(15)13(10)17-9-11(16)8-14(2,3)4/h5-7H,8-9H2,1-4H3. The quantitative estimate of drug-likeness (QED) is 0.802. The van der Waals surface area contributed by atoms with E-state index in [1.54, 1.807) is 19.1 Å². The molecular weight excluding hydrogens is 219 g/mol. The van der Waals surface area contributed by atoms with Crippen molar-refractivity contribution in [1.29, 1.82) is 0 Å². The van der Waals surface area contributed by atoms with Crippen LogP contribution in [0.4, 0.5) is 4.39 Å². The van der Waals surface area contributed by atoms with Crippen LogP contribution >= 0.6 is 0 Å². The number of ether oxygens (including phenoxy) is 1. The number of benzene rings is 1. The van der Waals surface area contributed by atoms with Gasteiger partial charge >= 0.3 is 0 Å². The smallest absolute Gasteiger partial charge is 0.170 e. The monoisotopic (exact) mass is 238 g/mol. The Morgan fingerprint density at radius 3 is 2.53 bits per heavy atom. The van der Waals surface area contributed by atoms with Crippen molar-refractivity contribution in [3.63, 3.8) is 0 Å². The van der Waals surface area contributed by atoms with Gasteiger partial charge in [-0.05, 0) is 24.0 Å². The first-order chi connectivity index (χ1) is 7.79. The van der Waals surface area contributed by atoms with E-state index in [1.807, 2.05) is 20.8 Å². The van der Waals surface area contributed by atoms with Crippen LogP contribution in [0.2, 0.25) is 0 Å². The lowest BCUT2D eigenvalue weighted by atomic mass is 9.90. The molecule has 0 aliphatic heterocycles. The van der Waals surface area contributed by atoms with Crippen LogP contribution in [0.3, 0.4) is 0 Å². The second-order valence-corrected chi connectivity index (χ2v) is 5.45. The van der Waals surface area contributed by atoms with Crippen LogP contribution in [0.1, 0.15) is 32.8 Å². The largest absolute Gasteiger partial charge is 0.482 e. The van der Waals surface area contributed by atoms with E-state index in [1.165, 1.54) is 6.07 Å². The second-order valence-electron chi connectivity index (χ2n) is 5.45. The lowest BCUT2D eigenvalue weighted by molar-refractivity contribution is -0.122. The Bertz CT molecular complexity index is 385. The first kappa shape index (κ1) is 13.7. The Hall–Kier alpha value is -1.38. The van der Waals surface area contributed by atoms with Gasteiger partial charge in [0.2, 0.25) is 0 Å². The first-order valence-corrected chi connectivity index (χ1v) is 5.69. The number of hydrogen-bond donors (Lipinski definition) is 0. The molecule has 17 heavy (non-hydrogen) atoms. The molecule has 0 aliphatic rings. The summed E-state index contributed by atoms with van der Waals surface area (Å²) in [4.78, 5) is 11.6. The molecule has 0 spiro atoms. The van der Waals surface area contributed by atoms with Crippen molar-refractivity contribution >= 4 is 5.78 Å². The van der Waals surface area contributed by atoms with E-state index in [0.717, 1.165) is 0 Å². The van der Waals surface area contributed by atoms with Crippen LogP contribution < -0.4 is 4.74 Å². The summed E-state index contributed by atoms with van der Waals surface area (Å²) in [5.41, 5.74) is 0.638. The lowest BCUT2D eigenvalue weighted by Gasteiger charge is -2.17. The molecule has 0 fully saturated rings. The van der Waals surface area contributed by atoms with Crippen LogP contribution in [0.5, 0.6) is 5.75 Å². The van der Waals surface area contributed by atoms with Crippen LogP contribution in [0.15, 0.2) is 18.2 Å². The minimum absolute atomic E-state index is 0.0137. The fourth-order valence-corrected chi connectivity index (χ4v) is 1.59. The molecule has 1 rings (SSSR count). The summed E-state index contributed by atoms with van der Waals surface area (Å²) in [6, 6.07) is 4.71. The van der Waals surface area contributed by atoms with Crippen molar-refractivity contribution in [1.82, 2.24) is 0 Å². The lowest BCUT2D eigenvalue weighted by Crippen LogP contribution is -2.19. The second kappa shape index (κ2) is 5.30. The van der Waals surface area contributed by atoms with Gasteiger partial charge < -0.3 is 4.74 Å². The molecule has 0 aliphatic carbocycles. The Balaban J connectivity index is 2.59. The van der Waals surface area contributed by atoms with E-state index < -0.39 is 5.82 Å². The zero-order chi connectivity index (χ0) is 13.1. The number of hydrogen-bond acceptors (Lipinski definition) is 2. The van der Waals surface area contributed by atoms with Crippen LogP contribution in [0.25, 0.3) is 0 Å². The van der Waals surface area contributed by atoms with Gasteiger partial charge in [-0.3, -0.25) is 4.79 Å². The highest BCUT2D eigenvalue weighted by Crippen LogP contribution is 2.23. The summed E-state index contributed by atoms with van der Waals surface area (Å²) >= 11 is 0. The Morgan fingerprint density at radius 1 is 1.35 bits per heavy atom. The van der Waals surface area contributed by atoms with Gasteiger partial charge in [0.15, 0.2) is 17.3 Å². The topological polar surface area (TPSA) is 26.3 Å². The molecule has 0 radical (unpaired) electrons. The van der Waals surface area contributed by atoms with E-state index in [-0.39, 0.29) is 23.6 Å². The van der Waals surface area contributed by atoms with Crippen molar-refractivity contribution in [3.05, 3.63) is 29.6 Å². The molecule has 1 aromatic carbocycles. The van der Waals surface area contributed by atoms with Gasteiger partial charge in [0.05, 0.1) is 0 Å². The Morgan fingerprint density at radius 2 is 2.00 bits per heavy atom. The van der Waals surface area contributed by atoms with Gasteiger partial charge in [-0.15, -0.1) is 0 Å². The highest BCUT2D eigenvalue weighted by molar-refractivity contribution is 5.80. The zero-order valence-corrected chi connectivity index (χ0v) is 10.8. The molecule has 0 saturated carbocycles. The minimum Gasteiger partial charge on any atom is -0.482 e. The maximum atomic E-state index is 13.4. The Kier molecular flexibility index (Phi) is 4.27. The molecule has 3 heteroatoms. The van der Waals surface area contributed by atoms with Crippen molar-refractivity contribution < 1.29 is 13.9 Å². The molecule has 0 N–H and O–H groups in total. The number of ketones is 1. The van der Waals surface area contributed by atoms with Gasteiger partial charge in [-0.1, -0.05) is 32.9 Å². The van der Waals surface area contributed by atoms with Gasteiger partial charge in [-0.2, -0.15) is 0 Å². The molecule has 94 valence electrons. The van der Waals surface area contributed by atoms with Gasteiger partial charge in [-0.25, -0.2) is 4.39 Å². The third-order valence-corrected chi connectivity index (χ3v) is 2.27. The molecule has 1 aromatic rings. The SMILES string of the molecule is Cc1cccc(F)c1OCC(=O)CC(C)(C)C. The third-order valence-electron chi connectivity index (χ3n) is 2.27. The molecule has 0 heterocycles. The summed E-state index contributed by atoms with van der Waals surface area (Å²) in [7, 11) is 0. The molecule has 2 nitrogen and oxygen atoms in total. The molecule has 0 saturated heterocycles. The van der Waals surface area contributed by atoms with Crippen LogP contribution in [-0.4, -0.2) is 12.4 Å². The number of aryl methyl sites for hydroxylation is 1. The summed E-state index contributed by atoms with van der Waals surface area (Å²) in [6.45, 7) is 7.64. The van der Waals surface area contributed by atoms with Crippen molar-refractivity contribution in [3.8, 4) is 5.75 Å². The van der Waals surface area contributed by atoms with Gasteiger partial charge in [0.25, 0.3) is 0 Å². The van der Waals surface area contributed by atoms with Crippen molar-refractivity contribution in [2.75, 3.05) is 6.61 Å². The first-order valence-electron chi connectivity index (χ1n) is 5.69. The molecule has 0 atom stereocenters. The van der Waals surface area contributed by atoms with E-state index in [2.05, 4.69) is 0 Å². The van der Waals surface area contributed by atoms with Crippen LogP contribution in [0, 0.1) is 18.2 Å². The predicted molar refractivity (Wildman–Crippen MR) is 65.7 cm³/mol. The zero-order valence-electron chi connectivity index (χ0n) is 10.8. The molecule has 0 amide bonds. The van der Waals surface area contributed by atoms with E-state index >= 15 is 0 Å². The molecule has 0 unspecified atom stereocenters. The average molecular weight is 238 g/mol. The predicted octanol–water partition coefficient (Wildman–Crippen LogP) is 3.52. The maximum absolute atomic E-state index is 13.4. The number of Topliss-reactive ketones (excluding diaryl/α,β-unsaturated/α-hetero) is 1. The number of carbonyl (C=O) groups is 1. The van der Waals surface area contributed by atoms with Gasteiger partial charge in [0.1, 0.15) is 6.61 Å². The third kappa shape index (κ3) is 4.55. The van der Waals surface area contributed by atoms with Crippen molar-refractivity contribution in [2.24, 2.45) is 5.41 Å².